The lowest BCUT2D eigenvalue weighted by atomic mass is 10.1. The van der Waals surface area contributed by atoms with E-state index in [9.17, 15) is 4.79 Å². The largest absolute Gasteiger partial charge is 0.469 e. The van der Waals surface area contributed by atoms with Gasteiger partial charge < -0.3 is 9.15 Å². The molecule has 7 heteroatoms. The summed E-state index contributed by atoms with van der Waals surface area (Å²) < 4.78 is 12.5. The Balaban J connectivity index is 2.36. The molecule has 6 nitrogen and oxygen atoms in total. The van der Waals surface area contributed by atoms with Crippen LogP contribution in [0.3, 0.4) is 0 Å². The average Bonchev–Trinajstić information content (AvgIpc) is 3.11. The third kappa shape index (κ3) is 3.90. The molecule has 0 N–H and O–H groups in total. The SMILES string of the molecule is C=CCn1c(S[C@H](C(=O)OCC)C(C)C)nnc1-c1ccoc1C. The quantitative estimate of drug-likeness (QED) is 0.411. The van der Waals surface area contributed by atoms with Gasteiger partial charge in [-0.3, -0.25) is 9.36 Å². The van der Waals surface area contributed by atoms with Crippen molar-refractivity contribution in [3.8, 4) is 11.4 Å². The zero-order valence-electron chi connectivity index (χ0n) is 14.5. The van der Waals surface area contributed by atoms with Gasteiger partial charge in [-0.25, -0.2) is 0 Å². The molecule has 2 aromatic heterocycles. The lowest BCUT2D eigenvalue weighted by Crippen LogP contribution is -2.26. The fraction of sp³-hybridized carbons (Fsp3) is 0.471. The second-order valence-electron chi connectivity index (χ2n) is 5.63. The molecule has 2 rings (SSSR count). The van der Waals surface area contributed by atoms with E-state index >= 15 is 0 Å². The van der Waals surface area contributed by atoms with Gasteiger partial charge in [0.05, 0.1) is 18.4 Å². The Hall–Kier alpha value is -2.02. The fourth-order valence-corrected chi connectivity index (χ4v) is 3.32. The Labute approximate surface area is 146 Å². The van der Waals surface area contributed by atoms with Crippen molar-refractivity contribution in [1.29, 1.82) is 0 Å². The Bertz CT molecular complexity index is 706. The van der Waals surface area contributed by atoms with Gasteiger partial charge in [-0.15, -0.1) is 16.8 Å². The van der Waals surface area contributed by atoms with Crippen LogP contribution in [-0.2, 0) is 16.1 Å². The number of aromatic nitrogens is 3. The predicted molar refractivity (Wildman–Crippen MR) is 93.8 cm³/mol. The van der Waals surface area contributed by atoms with Gasteiger partial charge in [-0.2, -0.15) is 0 Å². The summed E-state index contributed by atoms with van der Waals surface area (Å²) in [6.07, 6.45) is 3.40. The highest BCUT2D eigenvalue weighted by molar-refractivity contribution is 8.00. The van der Waals surface area contributed by atoms with Crippen LogP contribution in [0, 0.1) is 12.8 Å². The summed E-state index contributed by atoms with van der Waals surface area (Å²) in [5, 5.41) is 8.89. The van der Waals surface area contributed by atoms with E-state index in [1.807, 2.05) is 31.4 Å². The minimum atomic E-state index is -0.337. The van der Waals surface area contributed by atoms with Crippen LogP contribution in [-0.4, -0.2) is 32.6 Å². The summed E-state index contributed by atoms with van der Waals surface area (Å²) in [5.74, 6) is 1.36. The number of esters is 1. The zero-order valence-corrected chi connectivity index (χ0v) is 15.3. The van der Waals surface area contributed by atoms with Gasteiger partial charge in [0.25, 0.3) is 0 Å². The van der Waals surface area contributed by atoms with Crippen molar-refractivity contribution < 1.29 is 13.9 Å². The van der Waals surface area contributed by atoms with E-state index in [-0.39, 0.29) is 17.1 Å². The number of nitrogens with zero attached hydrogens (tertiary/aromatic N) is 3. The molecule has 0 bridgehead atoms. The molecule has 0 unspecified atom stereocenters. The number of aryl methyl sites for hydroxylation is 1. The summed E-state index contributed by atoms with van der Waals surface area (Å²) >= 11 is 1.37. The monoisotopic (exact) mass is 349 g/mol. The molecule has 0 saturated carbocycles. The van der Waals surface area contributed by atoms with Gasteiger partial charge in [0, 0.05) is 6.54 Å². The van der Waals surface area contributed by atoms with Gasteiger partial charge in [0.1, 0.15) is 11.0 Å². The molecule has 2 aromatic rings. The first-order valence-corrected chi connectivity index (χ1v) is 8.79. The molecule has 0 aliphatic carbocycles. The maximum Gasteiger partial charge on any atom is 0.319 e. The topological polar surface area (TPSA) is 70.2 Å². The Morgan fingerprint density at radius 2 is 2.25 bits per heavy atom. The van der Waals surface area contributed by atoms with Crippen molar-refractivity contribution in [2.45, 2.75) is 44.6 Å². The first-order chi connectivity index (χ1) is 11.5. The highest BCUT2D eigenvalue weighted by Crippen LogP contribution is 2.32. The fourth-order valence-electron chi connectivity index (χ4n) is 2.28. The normalized spacial score (nSPS) is 12.4. The van der Waals surface area contributed by atoms with Gasteiger partial charge in [-0.05, 0) is 25.8 Å². The van der Waals surface area contributed by atoms with Crippen molar-refractivity contribution in [2.75, 3.05) is 6.61 Å². The molecule has 0 amide bonds. The molecule has 0 saturated heterocycles. The zero-order chi connectivity index (χ0) is 17.7. The van der Waals surface area contributed by atoms with Crippen molar-refractivity contribution >= 4 is 17.7 Å². The van der Waals surface area contributed by atoms with Crippen LogP contribution >= 0.6 is 11.8 Å². The number of allylic oxidation sites excluding steroid dienone is 1. The third-order valence-corrected chi connectivity index (χ3v) is 4.99. The number of carbonyl (C=O) groups is 1. The van der Waals surface area contributed by atoms with E-state index in [1.54, 1.807) is 19.3 Å². The van der Waals surface area contributed by atoms with Gasteiger partial charge in [0.15, 0.2) is 11.0 Å². The third-order valence-electron chi connectivity index (χ3n) is 3.49. The molecule has 0 aromatic carbocycles. The number of rotatable bonds is 8. The Kier molecular flexibility index (Phi) is 6.25. The Morgan fingerprint density at radius 1 is 1.50 bits per heavy atom. The van der Waals surface area contributed by atoms with E-state index in [2.05, 4.69) is 16.8 Å². The molecule has 0 fully saturated rings. The molecule has 24 heavy (non-hydrogen) atoms. The van der Waals surface area contributed by atoms with Crippen LogP contribution in [0.15, 0.2) is 34.6 Å². The molecule has 0 radical (unpaired) electrons. The molecule has 1 atom stereocenters. The number of carbonyl (C=O) groups excluding carboxylic acids is 1. The average molecular weight is 349 g/mol. The lowest BCUT2D eigenvalue weighted by molar-refractivity contribution is -0.143. The summed E-state index contributed by atoms with van der Waals surface area (Å²) in [4.78, 5) is 12.2. The van der Waals surface area contributed by atoms with Crippen LogP contribution in [0.5, 0.6) is 0 Å². The van der Waals surface area contributed by atoms with Gasteiger partial charge >= 0.3 is 5.97 Å². The summed E-state index contributed by atoms with van der Waals surface area (Å²) in [7, 11) is 0. The van der Waals surface area contributed by atoms with Crippen LogP contribution in [0.1, 0.15) is 26.5 Å². The summed E-state index contributed by atoms with van der Waals surface area (Å²) in [6, 6.07) is 1.86. The summed E-state index contributed by atoms with van der Waals surface area (Å²) in [5.41, 5.74) is 0.883. The van der Waals surface area contributed by atoms with E-state index in [0.717, 1.165) is 11.3 Å². The van der Waals surface area contributed by atoms with Crippen molar-refractivity contribution in [3.05, 3.63) is 30.7 Å². The number of thioether (sulfide) groups is 1. The van der Waals surface area contributed by atoms with Gasteiger partial charge in [0.2, 0.25) is 0 Å². The number of ether oxygens (including phenoxy) is 1. The first-order valence-electron chi connectivity index (χ1n) is 7.91. The van der Waals surface area contributed by atoms with Crippen LogP contribution < -0.4 is 0 Å². The lowest BCUT2D eigenvalue weighted by Gasteiger charge is -2.18. The molecule has 0 aliphatic rings. The van der Waals surface area contributed by atoms with Gasteiger partial charge in [-0.1, -0.05) is 31.7 Å². The Morgan fingerprint density at radius 3 is 2.79 bits per heavy atom. The van der Waals surface area contributed by atoms with E-state index in [1.165, 1.54) is 11.8 Å². The highest BCUT2D eigenvalue weighted by atomic mass is 32.2. The molecule has 0 spiro atoms. The van der Waals surface area contributed by atoms with Crippen LogP contribution in [0.25, 0.3) is 11.4 Å². The first kappa shape index (κ1) is 18.3. The predicted octanol–water partition coefficient (Wildman–Crippen LogP) is 3.71. The maximum atomic E-state index is 12.2. The van der Waals surface area contributed by atoms with Crippen LogP contribution in [0.4, 0.5) is 0 Å². The molecule has 130 valence electrons. The van der Waals surface area contributed by atoms with Crippen LogP contribution in [0.2, 0.25) is 0 Å². The molecule has 0 aliphatic heterocycles. The highest BCUT2D eigenvalue weighted by Gasteiger charge is 2.28. The second kappa shape index (κ2) is 8.19. The number of hydrogen-bond donors (Lipinski definition) is 0. The van der Waals surface area contributed by atoms with E-state index in [4.69, 9.17) is 9.15 Å². The minimum Gasteiger partial charge on any atom is -0.469 e. The van der Waals surface area contributed by atoms with Crippen molar-refractivity contribution in [2.24, 2.45) is 5.92 Å². The molecular weight excluding hydrogens is 326 g/mol. The van der Waals surface area contributed by atoms with Crippen molar-refractivity contribution in [1.82, 2.24) is 14.8 Å². The maximum absolute atomic E-state index is 12.2. The van der Waals surface area contributed by atoms with Crippen molar-refractivity contribution in [3.63, 3.8) is 0 Å². The van der Waals surface area contributed by atoms with E-state index in [0.29, 0.717) is 24.1 Å². The second-order valence-corrected chi connectivity index (χ2v) is 6.74. The standard InChI is InChI=1S/C17H23N3O3S/c1-6-9-20-15(13-8-10-23-12(13)5)18-19-17(20)24-14(11(3)4)16(21)22-7-2/h6,8,10-11,14H,1,7,9H2,2-5H3/t14-/m0/s1. The molecule has 2 heterocycles. The minimum absolute atomic E-state index is 0.113. The summed E-state index contributed by atoms with van der Waals surface area (Å²) in [6.45, 7) is 12.4. The molecular formula is C17H23N3O3S. The number of hydrogen-bond acceptors (Lipinski definition) is 6. The van der Waals surface area contributed by atoms with E-state index < -0.39 is 0 Å². The number of furan rings is 1. The smallest absolute Gasteiger partial charge is 0.319 e.